The van der Waals surface area contributed by atoms with E-state index in [4.69, 9.17) is 4.42 Å². The number of hydrogen-bond donors (Lipinski definition) is 2. The molecule has 0 atom stereocenters. The van der Waals surface area contributed by atoms with E-state index in [1.807, 2.05) is 6.92 Å². The van der Waals surface area contributed by atoms with Gasteiger partial charge in [0.1, 0.15) is 5.76 Å². The quantitative estimate of drug-likeness (QED) is 0.635. The minimum Gasteiger partial charge on any atom is -0.456 e. The zero-order valence-corrected chi connectivity index (χ0v) is 11.7. The monoisotopic (exact) mass is 264 g/mol. The van der Waals surface area contributed by atoms with Crippen molar-refractivity contribution >= 4 is 5.91 Å². The first-order valence-corrected chi connectivity index (χ1v) is 7.34. The highest BCUT2D eigenvalue weighted by Crippen LogP contribution is 2.16. The van der Waals surface area contributed by atoms with Crippen molar-refractivity contribution in [3.8, 4) is 0 Å². The van der Waals surface area contributed by atoms with Crippen LogP contribution in [0.1, 0.15) is 54.8 Å². The Labute approximate surface area is 114 Å². The van der Waals surface area contributed by atoms with Gasteiger partial charge in [0.25, 0.3) is 5.91 Å². The Morgan fingerprint density at radius 1 is 1.21 bits per heavy atom. The molecule has 0 aromatic carbocycles. The van der Waals surface area contributed by atoms with Crippen LogP contribution in [0.15, 0.2) is 16.5 Å². The Balaban J connectivity index is 1.62. The Hall–Kier alpha value is -1.29. The van der Waals surface area contributed by atoms with E-state index >= 15 is 0 Å². The van der Waals surface area contributed by atoms with Crippen LogP contribution >= 0.6 is 0 Å². The molecule has 1 fully saturated rings. The van der Waals surface area contributed by atoms with Crippen LogP contribution in [-0.4, -0.2) is 25.0 Å². The molecular weight excluding hydrogens is 240 g/mol. The highest BCUT2D eigenvalue weighted by atomic mass is 16.3. The third-order valence-corrected chi connectivity index (χ3v) is 3.66. The van der Waals surface area contributed by atoms with E-state index in [9.17, 15) is 4.79 Å². The van der Waals surface area contributed by atoms with Crippen molar-refractivity contribution in [2.24, 2.45) is 0 Å². The lowest BCUT2D eigenvalue weighted by atomic mass is 10.1. The first-order chi connectivity index (χ1) is 9.25. The minimum absolute atomic E-state index is 0.129. The zero-order valence-electron chi connectivity index (χ0n) is 11.7. The van der Waals surface area contributed by atoms with Crippen molar-refractivity contribution in [1.29, 1.82) is 0 Å². The molecular formula is C15H24N2O2. The van der Waals surface area contributed by atoms with Crippen molar-refractivity contribution in [1.82, 2.24) is 10.6 Å². The second-order valence-electron chi connectivity index (χ2n) is 5.31. The van der Waals surface area contributed by atoms with Gasteiger partial charge in [-0.3, -0.25) is 4.79 Å². The smallest absolute Gasteiger partial charge is 0.287 e. The third-order valence-electron chi connectivity index (χ3n) is 3.66. The average Bonchev–Trinajstić information content (AvgIpc) is 2.68. The minimum atomic E-state index is -0.129. The van der Waals surface area contributed by atoms with E-state index in [0.717, 1.165) is 12.3 Å². The number of aryl methyl sites for hydroxylation is 1. The molecule has 4 nitrogen and oxygen atoms in total. The molecule has 4 heteroatoms. The van der Waals surface area contributed by atoms with Gasteiger partial charge in [0.2, 0.25) is 0 Å². The van der Waals surface area contributed by atoms with Gasteiger partial charge in [-0.25, -0.2) is 0 Å². The molecule has 0 radical (unpaired) electrons. The molecule has 2 rings (SSSR count). The Bertz CT molecular complexity index is 393. The average molecular weight is 264 g/mol. The largest absolute Gasteiger partial charge is 0.456 e. The fourth-order valence-electron chi connectivity index (χ4n) is 2.58. The highest BCUT2D eigenvalue weighted by molar-refractivity contribution is 5.91. The van der Waals surface area contributed by atoms with Crippen molar-refractivity contribution in [2.75, 3.05) is 13.1 Å². The van der Waals surface area contributed by atoms with Crippen LogP contribution in [0.25, 0.3) is 0 Å². The van der Waals surface area contributed by atoms with E-state index in [1.54, 1.807) is 12.1 Å². The fourth-order valence-corrected chi connectivity index (χ4v) is 2.58. The molecule has 0 aliphatic heterocycles. The highest BCUT2D eigenvalue weighted by Gasteiger charge is 2.12. The molecule has 0 saturated heterocycles. The molecule has 2 N–H and O–H groups in total. The summed E-state index contributed by atoms with van der Waals surface area (Å²) in [5, 5.41) is 6.40. The maximum absolute atomic E-state index is 11.7. The number of carbonyl (C=O) groups excluding carboxylic acids is 1. The van der Waals surface area contributed by atoms with Gasteiger partial charge in [0, 0.05) is 19.1 Å². The van der Waals surface area contributed by atoms with Crippen molar-refractivity contribution in [3.05, 3.63) is 23.7 Å². The number of furan rings is 1. The van der Waals surface area contributed by atoms with Crippen molar-refractivity contribution in [2.45, 2.75) is 51.5 Å². The number of hydrogen-bond acceptors (Lipinski definition) is 3. The predicted molar refractivity (Wildman–Crippen MR) is 75.3 cm³/mol. The number of amides is 1. The molecule has 1 saturated carbocycles. The van der Waals surface area contributed by atoms with Crippen LogP contribution in [0.3, 0.4) is 0 Å². The maximum atomic E-state index is 11.7. The first-order valence-electron chi connectivity index (χ1n) is 7.34. The molecule has 1 aromatic rings. The van der Waals surface area contributed by atoms with Crippen LogP contribution < -0.4 is 10.6 Å². The molecule has 0 unspecified atom stereocenters. The van der Waals surface area contributed by atoms with Gasteiger partial charge < -0.3 is 15.1 Å². The summed E-state index contributed by atoms with van der Waals surface area (Å²) in [7, 11) is 0. The first kappa shape index (κ1) is 14.1. The van der Waals surface area contributed by atoms with Crippen LogP contribution in [0.2, 0.25) is 0 Å². The van der Waals surface area contributed by atoms with Crippen molar-refractivity contribution in [3.63, 3.8) is 0 Å². The summed E-state index contributed by atoms with van der Waals surface area (Å²) < 4.78 is 5.28. The van der Waals surface area contributed by atoms with Gasteiger partial charge in [-0.05, 0) is 31.9 Å². The lowest BCUT2D eigenvalue weighted by molar-refractivity contribution is 0.0924. The zero-order chi connectivity index (χ0) is 13.5. The molecule has 19 heavy (non-hydrogen) atoms. The number of rotatable bonds is 5. The lowest BCUT2D eigenvalue weighted by Gasteiger charge is -2.16. The summed E-state index contributed by atoms with van der Waals surface area (Å²) >= 11 is 0. The van der Waals surface area contributed by atoms with Crippen molar-refractivity contribution < 1.29 is 9.21 Å². The molecule has 1 heterocycles. The summed E-state index contributed by atoms with van der Waals surface area (Å²) in [6.45, 7) is 3.32. The van der Waals surface area contributed by atoms with Gasteiger partial charge in [0.05, 0.1) is 0 Å². The summed E-state index contributed by atoms with van der Waals surface area (Å²) in [6, 6.07) is 4.15. The molecule has 106 valence electrons. The van der Waals surface area contributed by atoms with Gasteiger partial charge in [-0.1, -0.05) is 25.7 Å². The topological polar surface area (TPSA) is 54.3 Å². The number of carbonyl (C=O) groups is 1. The molecule has 1 aromatic heterocycles. The van der Waals surface area contributed by atoms with Crippen LogP contribution in [-0.2, 0) is 0 Å². The normalized spacial score (nSPS) is 17.1. The van der Waals surface area contributed by atoms with Gasteiger partial charge in [-0.15, -0.1) is 0 Å². The van der Waals surface area contributed by atoms with Gasteiger partial charge in [0.15, 0.2) is 5.76 Å². The Kier molecular flexibility index (Phi) is 5.45. The third kappa shape index (κ3) is 4.71. The van der Waals surface area contributed by atoms with E-state index < -0.39 is 0 Å². The van der Waals surface area contributed by atoms with E-state index in [-0.39, 0.29) is 5.91 Å². The van der Waals surface area contributed by atoms with E-state index in [0.29, 0.717) is 18.3 Å². The van der Waals surface area contributed by atoms with Crippen LogP contribution in [0.5, 0.6) is 0 Å². The van der Waals surface area contributed by atoms with Gasteiger partial charge in [-0.2, -0.15) is 0 Å². The summed E-state index contributed by atoms with van der Waals surface area (Å²) in [4.78, 5) is 11.7. The second kappa shape index (κ2) is 7.34. The predicted octanol–water partition coefficient (Wildman–Crippen LogP) is 2.63. The lowest BCUT2D eigenvalue weighted by Crippen LogP contribution is -2.36. The molecule has 1 aliphatic rings. The summed E-state index contributed by atoms with van der Waals surface area (Å²) in [6.07, 6.45) is 7.93. The molecule has 1 aliphatic carbocycles. The SMILES string of the molecule is Cc1ccc(C(=O)NCCNC2CCCCCC2)o1. The van der Waals surface area contributed by atoms with Gasteiger partial charge >= 0.3 is 0 Å². The molecule has 0 spiro atoms. The van der Waals surface area contributed by atoms with Crippen LogP contribution in [0, 0.1) is 6.92 Å². The molecule has 0 bridgehead atoms. The van der Waals surface area contributed by atoms with Crippen LogP contribution in [0.4, 0.5) is 0 Å². The Morgan fingerprint density at radius 2 is 1.95 bits per heavy atom. The van der Waals surface area contributed by atoms with E-state index in [2.05, 4.69) is 10.6 Å². The molecule has 1 amide bonds. The summed E-state index contributed by atoms with van der Waals surface area (Å²) in [5.41, 5.74) is 0. The maximum Gasteiger partial charge on any atom is 0.287 e. The standard InChI is InChI=1S/C15H24N2O2/c1-12-8-9-14(19-12)15(18)17-11-10-16-13-6-4-2-3-5-7-13/h8-9,13,16H,2-7,10-11H2,1H3,(H,17,18). The number of nitrogens with one attached hydrogen (secondary N) is 2. The summed E-state index contributed by atoms with van der Waals surface area (Å²) in [5.74, 6) is 1.03. The Morgan fingerprint density at radius 3 is 2.58 bits per heavy atom. The second-order valence-corrected chi connectivity index (χ2v) is 5.31. The van der Waals surface area contributed by atoms with E-state index in [1.165, 1.54) is 38.5 Å². The fraction of sp³-hybridized carbons (Fsp3) is 0.667.